The minimum atomic E-state index is -0.655. The smallest absolute Gasteiger partial charge is 0.344 e. The highest BCUT2D eigenvalue weighted by Gasteiger charge is 2.21. The van der Waals surface area contributed by atoms with E-state index in [1.54, 1.807) is 12.1 Å². The second-order valence-corrected chi connectivity index (χ2v) is 5.58. The molecule has 3 rings (SSSR count). The molecule has 0 fully saturated rings. The highest BCUT2D eigenvalue weighted by Crippen LogP contribution is 2.26. The van der Waals surface area contributed by atoms with Gasteiger partial charge in [-0.3, -0.25) is 4.79 Å². The van der Waals surface area contributed by atoms with Crippen LogP contribution >= 0.6 is 15.9 Å². The molecule has 0 spiro atoms. The van der Waals surface area contributed by atoms with Gasteiger partial charge in [0.1, 0.15) is 5.56 Å². The monoisotopic (exact) mass is 357 g/mol. The maximum atomic E-state index is 12.8. The van der Waals surface area contributed by atoms with Crippen molar-refractivity contribution in [3.63, 3.8) is 0 Å². The fourth-order valence-corrected chi connectivity index (χ4v) is 2.96. The average molecular weight is 358 g/mol. The number of aromatic amines is 1. The van der Waals surface area contributed by atoms with Crippen molar-refractivity contribution < 1.29 is 9.53 Å². The molecular weight excluding hydrogens is 346 g/mol. The molecule has 1 aromatic heterocycles. The molecule has 0 bridgehead atoms. The summed E-state index contributed by atoms with van der Waals surface area (Å²) in [5.41, 5.74) is 1.52. The van der Waals surface area contributed by atoms with Gasteiger partial charge in [-0.15, -0.1) is 0 Å². The normalized spacial score (nSPS) is 10.6. The number of fused-ring (bicyclic) bond motifs is 1. The first-order chi connectivity index (χ1) is 10.6. The van der Waals surface area contributed by atoms with Crippen LogP contribution in [0.25, 0.3) is 22.2 Å². The number of carbonyl (C=O) groups excluding carboxylic acids is 1. The molecule has 1 N–H and O–H groups in total. The Morgan fingerprint density at radius 1 is 1.09 bits per heavy atom. The van der Waals surface area contributed by atoms with Gasteiger partial charge < -0.3 is 9.72 Å². The van der Waals surface area contributed by atoms with Crippen LogP contribution in [-0.4, -0.2) is 18.1 Å². The van der Waals surface area contributed by atoms with Crippen LogP contribution in [0.1, 0.15) is 10.4 Å². The lowest BCUT2D eigenvalue weighted by Crippen LogP contribution is -2.19. The molecule has 0 aliphatic heterocycles. The summed E-state index contributed by atoms with van der Waals surface area (Å²) >= 11 is 3.36. The zero-order chi connectivity index (χ0) is 15.7. The van der Waals surface area contributed by atoms with E-state index in [9.17, 15) is 9.59 Å². The van der Waals surface area contributed by atoms with Crippen molar-refractivity contribution in [2.75, 3.05) is 7.11 Å². The predicted octanol–water partition coefficient (Wildman–Crippen LogP) is 3.74. The molecule has 0 unspecified atom stereocenters. The van der Waals surface area contributed by atoms with Crippen LogP contribution in [0.4, 0.5) is 0 Å². The van der Waals surface area contributed by atoms with Crippen LogP contribution in [0, 0.1) is 0 Å². The van der Waals surface area contributed by atoms with Gasteiger partial charge >= 0.3 is 5.97 Å². The lowest BCUT2D eigenvalue weighted by atomic mass is 10.0. The van der Waals surface area contributed by atoms with E-state index in [1.807, 2.05) is 36.4 Å². The van der Waals surface area contributed by atoms with Gasteiger partial charge in [0, 0.05) is 4.47 Å². The van der Waals surface area contributed by atoms with Crippen molar-refractivity contribution in [2.24, 2.45) is 0 Å². The molecule has 0 aliphatic rings. The van der Waals surface area contributed by atoms with Crippen LogP contribution < -0.4 is 5.43 Å². The van der Waals surface area contributed by atoms with Gasteiger partial charge in [-0.25, -0.2) is 4.79 Å². The van der Waals surface area contributed by atoms with Gasteiger partial charge in [-0.2, -0.15) is 0 Å². The molecule has 0 amide bonds. The van der Waals surface area contributed by atoms with Crippen LogP contribution in [0.2, 0.25) is 0 Å². The van der Waals surface area contributed by atoms with Gasteiger partial charge in [0.05, 0.1) is 23.7 Å². The number of nitrogens with one attached hydrogen (secondary N) is 1. The molecule has 0 saturated heterocycles. The Bertz CT molecular complexity index is 916. The van der Waals surface area contributed by atoms with Crippen LogP contribution in [-0.2, 0) is 4.74 Å². The summed E-state index contributed by atoms with van der Waals surface area (Å²) in [5.74, 6) is -0.655. The summed E-state index contributed by atoms with van der Waals surface area (Å²) in [7, 11) is 1.26. The van der Waals surface area contributed by atoms with Crippen molar-refractivity contribution >= 4 is 32.8 Å². The van der Waals surface area contributed by atoms with Crippen LogP contribution in [0.5, 0.6) is 0 Å². The predicted molar refractivity (Wildman–Crippen MR) is 89.0 cm³/mol. The van der Waals surface area contributed by atoms with E-state index in [1.165, 1.54) is 7.11 Å². The van der Waals surface area contributed by atoms with Crippen molar-refractivity contribution in [1.29, 1.82) is 0 Å². The fourth-order valence-electron chi connectivity index (χ4n) is 2.41. The molecule has 5 heteroatoms. The Balaban J connectivity index is 2.46. The summed E-state index contributed by atoms with van der Waals surface area (Å²) in [5, 5.41) is 0.433. The maximum absolute atomic E-state index is 12.8. The van der Waals surface area contributed by atoms with E-state index >= 15 is 0 Å². The largest absolute Gasteiger partial charge is 0.465 e. The van der Waals surface area contributed by atoms with E-state index in [4.69, 9.17) is 4.74 Å². The number of esters is 1. The maximum Gasteiger partial charge on any atom is 0.344 e. The highest BCUT2D eigenvalue weighted by atomic mass is 79.9. The number of ether oxygens (including phenoxy) is 1. The number of rotatable bonds is 2. The summed E-state index contributed by atoms with van der Waals surface area (Å²) in [6.45, 7) is 0. The Morgan fingerprint density at radius 3 is 2.50 bits per heavy atom. The minimum Gasteiger partial charge on any atom is -0.465 e. The van der Waals surface area contributed by atoms with E-state index in [2.05, 4.69) is 20.9 Å². The molecule has 0 saturated carbocycles. The van der Waals surface area contributed by atoms with Gasteiger partial charge in [0.15, 0.2) is 0 Å². The van der Waals surface area contributed by atoms with Crippen molar-refractivity contribution in [3.8, 4) is 11.3 Å². The first kappa shape index (κ1) is 14.5. The molecule has 4 nitrogen and oxygen atoms in total. The lowest BCUT2D eigenvalue weighted by Gasteiger charge is -2.11. The van der Waals surface area contributed by atoms with Crippen molar-refractivity contribution in [2.45, 2.75) is 0 Å². The summed E-state index contributed by atoms with van der Waals surface area (Å²) < 4.78 is 5.43. The molecule has 22 heavy (non-hydrogen) atoms. The second-order valence-electron chi connectivity index (χ2n) is 4.72. The third kappa shape index (κ3) is 2.33. The topological polar surface area (TPSA) is 59.2 Å². The average Bonchev–Trinajstić information content (AvgIpc) is 2.54. The number of aromatic nitrogens is 1. The van der Waals surface area contributed by atoms with Gasteiger partial charge in [-0.05, 0) is 33.6 Å². The zero-order valence-corrected chi connectivity index (χ0v) is 13.3. The van der Waals surface area contributed by atoms with E-state index < -0.39 is 5.97 Å². The number of hydrogen-bond acceptors (Lipinski definition) is 3. The summed E-state index contributed by atoms with van der Waals surface area (Å²) in [4.78, 5) is 28.1. The van der Waals surface area contributed by atoms with Crippen molar-refractivity contribution in [3.05, 3.63) is 68.8 Å². The van der Waals surface area contributed by atoms with Crippen LogP contribution in [0.15, 0.2) is 57.8 Å². The Labute approximate surface area is 134 Å². The third-order valence-electron chi connectivity index (χ3n) is 3.43. The fraction of sp³-hybridized carbons (Fsp3) is 0.0588. The van der Waals surface area contributed by atoms with Gasteiger partial charge in [0.25, 0.3) is 0 Å². The summed E-state index contributed by atoms with van der Waals surface area (Å²) in [6, 6.07) is 14.6. The first-order valence-corrected chi connectivity index (χ1v) is 7.41. The standard InChI is InChI=1S/C17H12BrNO3/c1-22-17(21)14-15(10-6-3-2-4-7-10)19-12-9-5-8-11(18)13(12)16(14)20/h2-9H,1H3,(H,19,20). The van der Waals surface area contributed by atoms with E-state index in [0.29, 0.717) is 21.1 Å². The molecule has 1 heterocycles. The summed E-state index contributed by atoms with van der Waals surface area (Å²) in [6.07, 6.45) is 0. The number of halogens is 1. The number of hydrogen-bond donors (Lipinski definition) is 1. The lowest BCUT2D eigenvalue weighted by molar-refractivity contribution is 0.0600. The third-order valence-corrected chi connectivity index (χ3v) is 4.09. The van der Waals surface area contributed by atoms with Crippen LogP contribution in [0.3, 0.4) is 0 Å². The number of H-pyrrole nitrogens is 1. The van der Waals surface area contributed by atoms with E-state index in [0.717, 1.165) is 5.56 Å². The number of benzene rings is 2. The Morgan fingerprint density at radius 2 is 1.82 bits per heavy atom. The molecule has 0 radical (unpaired) electrons. The molecule has 2 aromatic carbocycles. The highest BCUT2D eigenvalue weighted by molar-refractivity contribution is 9.10. The van der Waals surface area contributed by atoms with E-state index in [-0.39, 0.29) is 11.0 Å². The minimum absolute atomic E-state index is 0.00750. The Hall–Kier alpha value is -2.40. The quantitative estimate of drug-likeness (QED) is 0.710. The molecule has 110 valence electrons. The number of methoxy groups -OCH3 is 1. The SMILES string of the molecule is COC(=O)c1c(-c2ccccc2)[nH]c2cccc(Br)c2c1=O. The molecule has 0 aliphatic carbocycles. The number of pyridine rings is 1. The second kappa shape index (κ2) is 5.77. The van der Waals surface area contributed by atoms with Gasteiger partial charge in [0.2, 0.25) is 5.43 Å². The molecule has 0 atom stereocenters. The zero-order valence-electron chi connectivity index (χ0n) is 11.7. The Kier molecular flexibility index (Phi) is 3.81. The molecular formula is C17H12BrNO3. The van der Waals surface area contributed by atoms with Crippen molar-refractivity contribution in [1.82, 2.24) is 4.98 Å². The number of carbonyl (C=O) groups is 1. The first-order valence-electron chi connectivity index (χ1n) is 6.61. The van der Waals surface area contributed by atoms with Gasteiger partial charge in [-0.1, -0.05) is 36.4 Å². The molecule has 3 aromatic rings.